The van der Waals surface area contributed by atoms with Gasteiger partial charge in [0.15, 0.2) is 0 Å². The topological polar surface area (TPSA) is 92.8 Å². The van der Waals surface area contributed by atoms with Crippen molar-refractivity contribution in [1.82, 2.24) is 14.6 Å². The van der Waals surface area contributed by atoms with E-state index in [2.05, 4.69) is 10.0 Å². The van der Waals surface area contributed by atoms with Crippen molar-refractivity contribution in [2.45, 2.75) is 101 Å². The van der Waals surface area contributed by atoms with E-state index in [0.717, 1.165) is 23.2 Å². The molecule has 8 nitrogen and oxygen atoms in total. The summed E-state index contributed by atoms with van der Waals surface area (Å²) in [6.07, 6.45) is 5.73. The Balaban J connectivity index is 1.49. The zero-order chi connectivity index (χ0) is 34.7. The largest absolute Gasteiger partial charge is 0.444 e. The van der Waals surface area contributed by atoms with Crippen LogP contribution in [0.15, 0.2) is 72.9 Å². The van der Waals surface area contributed by atoms with Gasteiger partial charge in [-0.25, -0.2) is 18.1 Å². The number of hydrogen-bond donors (Lipinski definition) is 2. The molecular formula is C38H51FN4O4S. The van der Waals surface area contributed by atoms with Crippen LogP contribution in [0.3, 0.4) is 0 Å². The molecule has 1 amide bonds. The van der Waals surface area contributed by atoms with E-state index >= 15 is 4.39 Å². The average molecular weight is 679 g/mol. The Labute approximate surface area is 287 Å². The van der Waals surface area contributed by atoms with Crippen LogP contribution in [0, 0.1) is 11.7 Å². The maximum Gasteiger partial charge on any atom is 0.410 e. The lowest BCUT2D eigenvalue weighted by Gasteiger charge is -2.37. The third-order valence-electron chi connectivity index (χ3n) is 9.29. The highest BCUT2D eigenvalue weighted by molar-refractivity contribution is 7.84. The molecule has 1 saturated carbocycles. The molecule has 1 aliphatic carbocycles. The van der Waals surface area contributed by atoms with Crippen LogP contribution in [0.4, 0.5) is 14.9 Å². The van der Waals surface area contributed by atoms with Crippen molar-refractivity contribution < 1.29 is 22.9 Å². The maximum absolute atomic E-state index is 15.7. The van der Waals surface area contributed by atoms with Crippen LogP contribution in [0.1, 0.15) is 90.5 Å². The quantitative estimate of drug-likeness (QED) is 0.204. The van der Waals surface area contributed by atoms with Crippen molar-refractivity contribution in [2.75, 3.05) is 25.5 Å². The van der Waals surface area contributed by atoms with Crippen LogP contribution in [0.25, 0.3) is 0 Å². The molecule has 2 fully saturated rings. The lowest BCUT2D eigenvalue weighted by atomic mass is 9.82. The van der Waals surface area contributed by atoms with E-state index in [1.807, 2.05) is 90.1 Å². The summed E-state index contributed by atoms with van der Waals surface area (Å²) in [6.45, 7) is 11.9. The van der Waals surface area contributed by atoms with Gasteiger partial charge in [0.2, 0.25) is 0 Å². The SMILES string of the molecule is CO[C@]1(c2ccccc2)C[C@H](CNc2cc(C(CCC3CC3)(N[S@@](=O)C(C)(C)C)c3ccccn3)ccc2F)N(C(=O)OC(C)(C)C)C1. The molecule has 3 aromatic rings. The van der Waals surface area contributed by atoms with Gasteiger partial charge in [-0.05, 0) is 95.7 Å². The van der Waals surface area contributed by atoms with Gasteiger partial charge in [0.25, 0.3) is 0 Å². The molecule has 10 heteroatoms. The Hall–Kier alpha value is -3.34. The maximum atomic E-state index is 15.7. The van der Waals surface area contributed by atoms with E-state index in [-0.39, 0.29) is 12.6 Å². The van der Waals surface area contributed by atoms with Crippen LogP contribution in [-0.2, 0) is 31.6 Å². The molecule has 1 unspecified atom stereocenters. The van der Waals surface area contributed by atoms with E-state index in [1.165, 1.54) is 18.9 Å². The molecule has 1 saturated heterocycles. The predicted molar refractivity (Wildman–Crippen MR) is 189 cm³/mol. The number of nitrogens with one attached hydrogen (secondary N) is 2. The van der Waals surface area contributed by atoms with Crippen molar-refractivity contribution in [2.24, 2.45) is 5.92 Å². The van der Waals surface area contributed by atoms with Crippen molar-refractivity contribution >= 4 is 22.8 Å². The number of anilines is 1. The van der Waals surface area contributed by atoms with Crippen LogP contribution < -0.4 is 10.0 Å². The van der Waals surface area contributed by atoms with Crippen molar-refractivity contribution in [3.8, 4) is 0 Å². The molecule has 5 rings (SSSR count). The monoisotopic (exact) mass is 678 g/mol. The Bertz CT molecular complexity index is 1570. The number of hydrogen-bond acceptors (Lipinski definition) is 6. The van der Waals surface area contributed by atoms with Gasteiger partial charge < -0.3 is 19.7 Å². The van der Waals surface area contributed by atoms with Crippen molar-refractivity contribution in [1.29, 1.82) is 0 Å². The summed E-state index contributed by atoms with van der Waals surface area (Å²) in [7, 11) is 0.217. The summed E-state index contributed by atoms with van der Waals surface area (Å²) in [4.78, 5) is 20.0. The highest BCUT2D eigenvalue weighted by Crippen LogP contribution is 2.43. The van der Waals surface area contributed by atoms with Crippen molar-refractivity contribution in [3.05, 3.63) is 95.6 Å². The van der Waals surface area contributed by atoms with Crippen LogP contribution in [0.2, 0.25) is 0 Å². The number of likely N-dealkylation sites (tertiary alicyclic amines) is 1. The number of amides is 1. The highest BCUT2D eigenvalue weighted by Gasteiger charge is 2.49. The lowest BCUT2D eigenvalue weighted by molar-refractivity contribution is -0.0131. The minimum absolute atomic E-state index is 0.261. The number of aromatic nitrogens is 1. The lowest BCUT2D eigenvalue weighted by Crippen LogP contribution is -2.49. The van der Waals surface area contributed by atoms with Gasteiger partial charge in [0, 0.05) is 26.3 Å². The number of carbonyl (C=O) groups excluding carboxylic acids is 1. The molecule has 1 aliphatic heterocycles. The molecule has 0 radical (unpaired) electrons. The highest BCUT2D eigenvalue weighted by atomic mass is 32.2. The van der Waals surface area contributed by atoms with Gasteiger partial charge in [0.1, 0.15) is 17.0 Å². The molecule has 2 heterocycles. The molecule has 2 aromatic carbocycles. The Morgan fingerprint density at radius 2 is 1.75 bits per heavy atom. The summed E-state index contributed by atoms with van der Waals surface area (Å²) in [5.41, 5.74) is 0.417. The molecule has 4 atom stereocenters. The average Bonchev–Trinajstić information content (AvgIpc) is 3.80. The van der Waals surface area contributed by atoms with E-state index in [0.29, 0.717) is 31.0 Å². The van der Waals surface area contributed by atoms with Gasteiger partial charge in [-0.1, -0.05) is 55.3 Å². The summed E-state index contributed by atoms with van der Waals surface area (Å²) < 4.78 is 44.3. The number of rotatable bonds is 12. The zero-order valence-electron chi connectivity index (χ0n) is 29.3. The van der Waals surface area contributed by atoms with Crippen LogP contribution >= 0.6 is 0 Å². The second kappa shape index (κ2) is 14.3. The summed E-state index contributed by atoms with van der Waals surface area (Å²) in [5, 5.41) is 3.34. The van der Waals surface area contributed by atoms with E-state index in [9.17, 15) is 9.00 Å². The number of pyridine rings is 1. The molecule has 48 heavy (non-hydrogen) atoms. The molecule has 0 bridgehead atoms. The third kappa shape index (κ3) is 8.26. The number of nitrogens with zero attached hydrogens (tertiary/aromatic N) is 2. The second-order valence-corrected chi connectivity index (χ2v) is 17.2. The van der Waals surface area contributed by atoms with E-state index in [1.54, 1.807) is 30.3 Å². The van der Waals surface area contributed by atoms with Gasteiger partial charge in [-0.15, -0.1) is 0 Å². The summed E-state index contributed by atoms with van der Waals surface area (Å²) in [5.74, 6) is 0.193. The van der Waals surface area contributed by atoms with Gasteiger partial charge in [0.05, 0.1) is 45.2 Å². The van der Waals surface area contributed by atoms with Crippen LogP contribution in [0.5, 0.6) is 0 Å². The first-order chi connectivity index (χ1) is 22.7. The van der Waals surface area contributed by atoms with Crippen LogP contribution in [-0.4, -0.2) is 56.8 Å². The Morgan fingerprint density at radius 1 is 1.04 bits per heavy atom. The number of benzene rings is 2. The number of carbonyl (C=O) groups is 1. The fraction of sp³-hybridized carbons (Fsp3) is 0.526. The molecule has 2 aliphatic rings. The molecule has 260 valence electrons. The first kappa shape index (κ1) is 36.0. The fourth-order valence-electron chi connectivity index (χ4n) is 6.38. The number of methoxy groups -OCH3 is 1. The van der Waals surface area contributed by atoms with Crippen molar-refractivity contribution in [3.63, 3.8) is 0 Å². The smallest absolute Gasteiger partial charge is 0.410 e. The molecule has 2 N–H and O–H groups in total. The minimum Gasteiger partial charge on any atom is -0.444 e. The van der Waals surface area contributed by atoms with Gasteiger partial charge in [-0.2, -0.15) is 0 Å². The first-order valence-corrected chi connectivity index (χ1v) is 18.1. The standard InChI is InChI=1S/C38H51FN4O4S/c1-35(2,3)47-34(44)43-26-37(46-7,28-13-9-8-10-14-28)24-30(43)25-41-32-23-29(18-19-31(32)39)38(21-20-27-16-17-27,33-15-11-12-22-40-33)42-48(45)36(4,5)6/h8-15,18-19,22-23,27,30,41-42H,16-17,20-21,24-26H2,1-7H3/t30-,37-,38?,48+/m1/s1. The molecule has 1 aromatic heterocycles. The first-order valence-electron chi connectivity index (χ1n) is 16.9. The van der Waals surface area contributed by atoms with E-state index < -0.39 is 44.4 Å². The minimum atomic E-state index is -1.44. The fourth-order valence-corrected chi connectivity index (χ4v) is 7.33. The predicted octanol–water partition coefficient (Wildman–Crippen LogP) is 7.67. The Kier molecular flexibility index (Phi) is 10.7. The summed E-state index contributed by atoms with van der Waals surface area (Å²) >= 11 is 0. The molecule has 0 spiro atoms. The number of ether oxygens (including phenoxy) is 2. The zero-order valence-corrected chi connectivity index (χ0v) is 30.2. The van der Waals surface area contributed by atoms with Gasteiger partial charge >= 0.3 is 6.09 Å². The summed E-state index contributed by atoms with van der Waals surface area (Å²) in [6, 6.07) is 20.3. The molecular weight excluding hydrogens is 628 g/mol. The third-order valence-corrected chi connectivity index (χ3v) is 10.9. The second-order valence-electron chi connectivity index (χ2n) is 15.2. The number of halogens is 1. The Morgan fingerprint density at radius 3 is 2.35 bits per heavy atom. The van der Waals surface area contributed by atoms with Gasteiger partial charge in [-0.3, -0.25) is 4.98 Å². The van der Waals surface area contributed by atoms with E-state index in [4.69, 9.17) is 14.5 Å². The normalized spacial score (nSPS) is 21.8.